The summed E-state index contributed by atoms with van der Waals surface area (Å²) in [5, 5.41) is 3.28. The van der Waals surface area contributed by atoms with E-state index in [0.717, 1.165) is 58.5 Å². The van der Waals surface area contributed by atoms with E-state index >= 15 is 0 Å². The number of likely N-dealkylation sites (N-methyl/N-ethyl adjacent to an activating group) is 1. The zero-order valence-corrected chi connectivity index (χ0v) is 17.3. The molecule has 5 heteroatoms. The number of hydrogen-bond acceptors (Lipinski definition) is 3. The summed E-state index contributed by atoms with van der Waals surface area (Å²) in [4.78, 5) is 19.7. The normalized spacial score (nSPS) is 23.4. The fraction of sp³-hybridized carbons (Fsp3) is 0.682. The third kappa shape index (κ3) is 4.82. The highest BCUT2D eigenvalue weighted by Gasteiger charge is 2.37. The lowest BCUT2D eigenvalue weighted by atomic mass is 9.86. The van der Waals surface area contributed by atoms with Crippen LogP contribution in [0.25, 0.3) is 0 Å². The van der Waals surface area contributed by atoms with Gasteiger partial charge in [-0.05, 0) is 65.0 Å². The first-order valence-electron chi connectivity index (χ1n) is 10.5. The molecule has 0 bridgehead atoms. The van der Waals surface area contributed by atoms with E-state index in [1.54, 1.807) is 0 Å². The van der Waals surface area contributed by atoms with E-state index in [1.807, 2.05) is 4.90 Å². The van der Waals surface area contributed by atoms with Crippen LogP contribution in [0.5, 0.6) is 0 Å². The minimum Gasteiger partial charge on any atom is -0.336 e. The highest BCUT2D eigenvalue weighted by Crippen LogP contribution is 2.28. The zero-order chi connectivity index (χ0) is 19.3. The van der Waals surface area contributed by atoms with Crippen molar-refractivity contribution in [2.24, 2.45) is 0 Å². The number of likely N-dealkylation sites (tertiary alicyclic amines) is 2. The minimum absolute atomic E-state index is 0.0793. The molecule has 27 heavy (non-hydrogen) atoms. The fourth-order valence-corrected chi connectivity index (χ4v) is 4.58. The Balaban J connectivity index is 1.56. The SMILES string of the molecule is CCN1CCC(CNC(=O)N2CCCC(c3ccccc3)C2)(N(C)C)CC1. The summed E-state index contributed by atoms with van der Waals surface area (Å²) in [7, 11) is 4.31. The lowest BCUT2D eigenvalue weighted by Crippen LogP contribution is -2.59. The average molecular weight is 373 g/mol. The van der Waals surface area contributed by atoms with E-state index in [4.69, 9.17) is 0 Å². The van der Waals surface area contributed by atoms with Crippen molar-refractivity contribution in [3.63, 3.8) is 0 Å². The number of piperidine rings is 2. The summed E-state index contributed by atoms with van der Waals surface area (Å²) in [6.45, 7) is 8.01. The Morgan fingerprint density at radius 1 is 1.19 bits per heavy atom. The largest absolute Gasteiger partial charge is 0.336 e. The molecule has 3 rings (SSSR count). The predicted octanol–water partition coefficient (Wildman–Crippen LogP) is 2.99. The van der Waals surface area contributed by atoms with Gasteiger partial charge in [-0.25, -0.2) is 4.79 Å². The zero-order valence-electron chi connectivity index (χ0n) is 17.3. The van der Waals surface area contributed by atoms with Gasteiger partial charge >= 0.3 is 6.03 Å². The van der Waals surface area contributed by atoms with Crippen LogP contribution in [0, 0.1) is 0 Å². The first-order valence-corrected chi connectivity index (χ1v) is 10.5. The van der Waals surface area contributed by atoms with E-state index in [9.17, 15) is 4.79 Å². The number of nitrogens with zero attached hydrogens (tertiary/aromatic N) is 3. The van der Waals surface area contributed by atoms with Gasteiger partial charge in [-0.1, -0.05) is 37.3 Å². The molecule has 1 aromatic carbocycles. The predicted molar refractivity (Wildman–Crippen MR) is 111 cm³/mol. The Morgan fingerprint density at radius 2 is 1.89 bits per heavy atom. The standard InChI is InChI=1S/C22H36N4O/c1-4-25-15-12-22(13-16-25,24(2)3)18-23-21(27)26-14-8-11-20(17-26)19-9-6-5-7-10-19/h5-7,9-10,20H,4,8,11-18H2,1-3H3,(H,23,27). The molecule has 5 nitrogen and oxygen atoms in total. The van der Waals surface area contributed by atoms with Gasteiger partial charge in [0.2, 0.25) is 0 Å². The molecule has 2 saturated heterocycles. The molecule has 2 amide bonds. The van der Waals surface area contributed by atoms with Crippen molar-refractivity contribution in [2.75, 3.05) is 53.4 Å². The van der Waals surface area contributed by atoms with Crippen LogP contribution in [0.1, 0.15) is 44.1 Å². The van der Waals surface area contributed by atoms with E-state index < -0.39 is 0 Å². The molecule has 1 atom stereocenters. The summed E-state index contributed by atoms with van der Waals surface area (Å²) in [6.07, 6.45) is 4.47. The molecule has 2 aliphatic heterocycles. The Hall–Kier alpha value is -1.59. The second-order valence-corrected chi connectivity index (χ2v) is 8.41. The monoisotopic (exact) mass is 372 g/mol. The molecule has 0 radical (unpaired) electrons. The van der Waals surface area contributed by atoms with Gasteiger partial charge in [-0.15, -0.1) is 0 Å². The molecule has 2 aliphatic rings. The highest BCUT2D eigenvalue weighted by molar-refractivity contribution is 5.74. The molecule has 0 spiro atoms. The first-order chi connectivity index (χ1) is 13.0. The molecule has 1 unspecified atom stereocenters. The molecule has 2 heterocycles. The van der Waals surface area contributed by atoms with Crippen molar-refractivity contribution < 1.29 is 4.79 Å². The summed E-state index contributed by atoms with van der Waals surface area (Å²) in [5.74, 6) is 0.460. The molecule has 1 aromatic rings. The van der Waals surface area contributed by atoms with Crippen molar-refractivity contribution in [1.82, 2.24) is 20.0 Å². The second-order valence-electron chi connectivity index (χ2n) is 8.41. The molecule has 0 aromatic heterocycles. The molecule has 2 fully saturated rings. The van der Waals surface area contributed by atoms with Gasteiger partial charge in [0.25, 0.3) is 0 Å². The average Bonchev–Trinajstić information content (AvgIpc) is 2.73. The van der Waals surface area contributed by atoms with Crippen LogP contribution in [0.2, 0.25) is 0 Å². The van der Waals surface area contributed by atoms with Gasteiger partial charge in [-0.3, -0.25) is 0 Å². The van der Waals surface area contributed by atoms with Gasteiger partial charge < -0.3 is 20.0 Å². The van der Waals surface area contributed by atoms with Crippen molar-refractivity contribution >= 4 is 6.03 Å². The topological polar surface area (TPSA) is 38.8 Å². The maximum Gasteiger partial charge on any atom is 0.317 e. The highest BCUT2D eigenvalue weighted by atomic mass is 16.2. The van der Waals surface area contributed by atoms with Crippen LogP contribution in [-0.4, -0.2) is 79.6 Å². The van der Waals surface area contributed by atoms with Crippen LogP contribution in [0.3, 0.4) is 0 Å². The van der Waals surface area contributed by atoms with Gasteiger partial charge in [0, 0.05) is 31.1 Å². The number of urea groups is 1. The Kier molecular flexibility index (Phi) is 6.77. The number of hydrogen-bond donors (Lipinski definition) is 1. The third-order valence-electron chi connectivity index (χ3n) is 6.73. The van der Waals surface area contributed by atoms with Crippen LogP contribution in [0.15, 0.2) is 30.3 Å². The number of carbonyl (C=O) groups is 1. The van der Waals surface area contributed by atoms with Crippen LogP contribution < -0.4 is 5.32 Å². The molecule has 1 N–H and O–H groups in total. The van der Waals surface area contributed by atoms with Crippen molar-refractivity contribution in [2.45, 2.75) is 44.1 Å². The summed E-state index contributed by atoms with van der Waals surface area (Å²) < 4.78 is 0. The van der Waals surface area contributed by atoms with Gasteiger partial charge in [0.15, 0.2) is 0 Å². The lowest BCUT2D eigenvalue weighted by molar-refractivity contribution is 0.0582. The number of amides is 2. The second kappa shape index (κ2) is 9.07. The molecule has 0 saturated carbocycles. The first kappa shape index (κ1) is 20.2. The molecule has 150 valence electrons. The van der Waals surface area contributed by atoms with Crippen molar-refractivity contribution in [3.05, 3.63) is 35.9 Å². The van der Waals surface area contributed by atoms with Gasteiger partial charge in [0.05, 0.1) is 0 Å². The van der Waals surface area contributed by atoms with E-state index in [1.165, 1.54) is 12.0 Å². The van der Waals surface area contributed by atoms with Crippen LogP contribution in [-0.2, 0) is 0 Å². The summed E-state index contributed by atoms with van der Waals surface area (Å²) >= 11 is 0. The molecular weight excluding hydrogens is 336 g/mol. The van der Waals surface area contributed by atoms with Crippen LogP contribution in [0.4, 0.5) is 4.79 Å². The van der Waals surface area contributed by atoms with Crippen LogP contribution >= 0.6 is 0 Å². The Bertz CT molecular complexity index is 596. The lowest BCUT2D eigenvalue weighted by Gasteiger charge is -2.46. The third-order valence-corrected chi connectivity index (χ3v) is 6.73. The minimum atomic E-state index is 0.0793. The van der Waals surface area contributed by atoms with Gasteiger partial charge in [-0.2, -0.15) is 0 Å². The quantitative estimate of drug-likeness (QED) is 0.864. The van der Waals surface area contributed by atoms with Crippen molar-refractivity contribution in [3.8, 4) is 0 Å². The van der Waals surface area contributed by atoms with E-state index in [-0.39, 0.29) is 11.6 Å². The van der Waals surface area contributed by atoms with E-state index in [0.29, 0.717) is 5.92 Å². The number of rotatable bonds is 5. The van der Waals surface area contributed by atoms with E-state index in [2.05, 4.69) is 66.5 Å². The number of nitrogens with one attached hydrogen (secondary N) is 1. The maximum absolute atomic E-state index is 12.9. The number of carbonyl (C=O) groups excluding carboxylic acids is 1. The molecular formula is C22H36N4O. The maximum atomic E-state index is 12.9. The number of benzene rings is 1. The summed E-state index contributed by atoms with van der Waals surface area (Å²) in [5.41, 5.74) is 1.43. The fourth-order valence-electron chi connectivity index (χ4n) is 4.58. The summed E-state index contributed by atoms with van der Waals surface area (Å²) in [6, 6.07) is 10.7. The Labute approximate surface area is 164 Å². The van der Waals surface area contributed by atoms with Crippen molar-refractivity contribution in [1.29, 1.82) is 0 Å². The van der Waals surface area contributed by atoms with Gasteiger partial charge in [0.1, 0.15) is 0 Å². The molecule has 0 aliphatic carbocycles. The Morgan fingerprint density at radius 3 is 2.52 bits per heavy atom. The smallest absolute Gasteiger partial charge is 0.317 e.